The molecule has 1 aromatic heterocycles. The first-order valence-electron chi connectivity index (χ1n) is 6.01. The van der Waals surface area contributed by atoms with E-state index in [2.05, 4.69) is 22.9 Å². The summed E-state index contributed by atoms with van der Waals surface area (Å²) in [6.45, 7) is 5.00. The van der Waals surface area contributed by atoms with E-state index >= 15 is 0 Å². The lowest BCUT2D eigenvalue weighted by molar-refractivity contribution is 0.427. The Labute approximate surface area is 102 Å². The van der Waals surface area contributed by atoms with E-state index in [1.165, 1.54) is 0 Å². The van der Waals surface area contributed by atoms with Crippen molar-refractivity contribution in [3.8, 4) is 6.07 Å². The summed E-state index contributed by atoms with van der Waals surface area (Å²) in [6, 6.07) is 6.53. The van der Waals surface area contributed by atoms with Gasteiger partial charge in [-0.15, -0.1) is 0 Å². The fourth-order valence-corrected chi connectivity index (χ4v) is 2.41. The molecule has 0 aromatic carbocycles. The first-order chi connectivity index (χ1) is 8.10. The fourth-order valence-electron chi connectivity index (χ4n) is 2.41. The quantitative estimate of drug-likeness (QED) is 0.795. The average molecular weight is 230 g/mol. The van der Waals surface area contributed by atoms with Gasteiger partial charge < -0.3 is 10.6 Å². The third-order valence-corrected chi connectivity index (χ3v) is 3.28. The van der Waals surface area contributed by atoms with Crippen molar-refractivity contribution in [2.45, 2.75) is 38.8 Å². The number of nitriles is 1. The zero-order chi connectivity index (χ0) is 12.4. The number of nitrogens with two attached hydrogens (primary N) is 1. The van der Waals surface area contributed by atoms with Gasteiger partial charge in [0.15, 0.2) is 0 Å². The van der Waals surface area contributed by atoms with Crippen LogP contribution in [-0.4, -0.2) is 23.6 Å². The highest BCUT2D eigenvalue weighted by Crippen LogP contribution is 2.23. The number of hydrogen-bond acceptors (Lipinski definition) is 4. The molecule has 2 N–H and O–H groups in total. The van der Waals surface area contributed by atoms with Gasteiger partial charge >= 0.3 is 0 Å². The maximum atomic E-state index is 8.98. The molecule has 2 unspecified atom stereocenters. The number of piperidine rings is 1. The van der Waals surface area contributed by atoms with Crippen molar-refractivity contribution >= 4 is 5.82 Å². The van der Waals surface area contributed by atoms with Crippen molar-refractivity contribution < 1.29 is 0 Å². The molecule has 1 saturated heterocycles. The summed E-state index contributed by atoms with van der Waals surface area (Å²) >= 11 is 0. The van der Waals surface area contributed by atoms with Gasteiger partial charge in [-0.1, -0.05) is 0 Å². The van der Waals surface area contributed by atoms with Gasteiger partial charge in [0.2, 0.25) is 0 Å². The molecule has 0 saturated carbocycles. The molecule has 90 valence electrons. The van der Waals surface area contributed by atoms with Gasteiger partial charge in [-0.05, 0) is 38.8 Å². The number of aryl methyl sites for hydroxylation is 1. The first kappa shape index (κ1) is 11.9. The Morgan fingerprint density at radius 1 is 1.53 bits per heavy atom. The Hall–Kier alpha value is -1.60. The largest absolute Gasteiger partial charge is 0.354 e. The Kier molecular flexibility index (Phi) is 3.30. The van der Waals surface area contributed by atoms with Crippen LogP contribution < -0.4 is 10.6 Å². The van der Waals surface area contributed by atoms with Crippen molar-refractivity contribution in [1.29, 1.82) is 5.26 Å². The molecule has 4 heteroatoms. The van der Waals surface area contributed by atoms with Crippen LogP contribution >= 0.6 is 0 Å². The van der Waals surface area contributed by atoms with E-state index in [1.54, 1.807) is 0 Å². The number of hydrogen-bond donors (Lipinski definition) is 1. The van der Waals surface area contributed by atoms with Gasteiger partial charge in [0.1, 0.15) is 5.82 Å². The van der Waals surface area contributed by atoms with Crippen molar-refractivity contribution in [3.05, 3.63) is 23.4 Å². The van der Waals surface area contributed by atoms with Crippen molar-refractivity contribution in [2.24, 2.45) is 5.73 Å². The van der Waals surface area contributed by atoms with E-state index in [-0.39, 0.29) is 0 Å². The predicted octanol–water partition coefficient (Wildman–Crippen LogP) is 1.58. The molecule has 1 aliphatic rings. The number of aromatic nitrogens is 1. The smallest absolute Gasteiger partial charge is 0.130 e. The zero-order valence-electron chi connectivity index (χ0n) is 10.3. The zero-order valence-corrected chi connectivity index (χ0v) is 10.3. The summed E-state index contributed by atoms with van der Waals surface area (Å²) in [5, 5.41) is 8.98. The van der Waals surface area contributed by atoms with E-state index in [1.807, 2.05) is 19.1 Å². The molecular formula is C13H18N4. The van der Waals surface area contributed by atoms with Crippen LogP contribution in [0.1, 0.15) is 31.0 Å². The van der Waals surface area contributed by atoms with Crippen molar-refractivity contribution in [2.75, 3.05) is 11.4 Å². The third-order valence-electron chi connectivity index (χ3n) is 3.28. The summed E-state index contributed by atoms with van der Waals surface area (Å²) in [5.74, 6) is 0.904. The first-order valence-corrected chi connectivity index (χ1v) is 6.01. The van der Waals surface area contributed by atoms with Gasteiger partial charge in [0.05, 0.1) is 11.6 Å². The molecular weight excluding hydrogens is 212 g/mol. The Bertz CT molecular complexity index is 449. The van der Waals surface area contributed by atoms with Crippen LogP contribution in [0.25, 0.3) is 0 Å². The van der Waals surface area contributed by atoms with Crippen molar-refractivity contribution in [1.82, 2.24) is 4.98 Å². The minimum Gasteiger partial charge on any atom is -0.354 e. The van der Waals surface area contributed by atoms with E-state index in [4.69, 9.17) is 11.0 Å². The number of nitrogens with zero attached hydrogens (tertiary/aromatic N) is 3. The average Bonchev–Trinajstić information content (AvgIpc) is 2.28. The van der Waals surface area contributed by atoms with Crippen LogP contribution in [-0.2, 0) is 0 Å². The summed E-state index contributed by atoms with van der Waals surface area (Å²) in [6.07, 6.45) is 1.97. The Balaban J connectivity index is 2.28. The van der Waals surface area contributed by atoms with E-state index in [0.29, 0.717) is 17.6 Å². The Morgan fingerprint density at radius 3 is 2.94 bits per heavy atom. The molecule has 1 aliphatic heterocycles. The van der Waals surface area contributed by atoms with E-state index in [9.17, 15) is 0 Å². The van der Waals surface area contributed by atoms with Gasteiger partial charge in [-0.2, -0.15) is 5.26 Å². The lowest BCUT2D eigenvalue weighted by atomic mass is 9.99. The molecule has 2 heterocycles. The molecule has 0 spiro atoms. The molecule has 17 heavy (non-hydrogen) atoms. The van der Waals surface area contributed by atoms with Crippen LogP contribution in [0.2, 0.25) is 0 Å². The Morgan fingerprint density at radius 2 is 2.29 bits per heavy atom. The molecule has 4 nitrogen and oxygen atoms in total. The maximum Gasteiger partial charge on any atom is 0.130 e. The van der Waals surface area contributed by atoms with Crippen molar-refractivity contribution in [3.63, 3.8) is 0 Å². The SMILES string of the molecule is Cc1cc(C#N)cc(N2CCC(N)CC2C)n1. The molecule has 2 rings (SSSR count). The molecule has 0 aliphatic carbocycles. The second-order valence-electron chi connectivity index (χ2n) is 4.79. The molecule has 1 aromatic rings. The van der Waals surface area contributed by atoms with Gasteiger partial charge in [-0.3, -0.25) is 0 Å². The van der Waals surface area contributed by atoms with Crippen LogP contribution in [0.3, 0.4) is 0 Å². The number of anilines is 1. The summed E-state index contributed by atoms with van der Waals surface area (Å²) < 4.78 is 0. The van der Waals surface area contributed by atoms with Gasteiger partial charge in [0.25, 0.3) is 0 Å². The van der Waals surface area contributed by atoms with Crippen LogP contribution in [0.4, 0.5) is 5.82 Å². The van der Waals surface area contributed by atoms with Crippen LogP contribution in [0.15, 0.2) is 12.1 Å². The number of pyridine rings is 1. The highest BCUT2D eigenvalue weighted by atomic mass is 15.2. The second-order valence-corrected chi connectivity index (χ2v) is 4.79. The van der Waals surface area contributed by atoms with Gasteiger partial charge in [0, 0.05) is 24.3 Å². The highest BCUT2D eigenvalue weighted by molar-refractivity contribution is 5.47. The lowest BCUT2D eigenvalue weighted by Crippen LogP contribution is -2.46. The summed E-state index contributed by atoms with van der Waals surface area (Å²) in [7, 11) is 0. The third kappa shape index (κ3) is 2.56. The molecule has 1 fully saturated rings. The lowest BCUT2D eigenvalue weighted by Gasteiger charge is -2.37. The molecule has 2 atom stereocenters. The standard InChI is InChI=1S/C13H18N4/c1-9-5-11(8-14)7-13(16-9)17-4-3-12(15)6-10(17)2/h5,7,10,12H,3-4,6,15H2,1-2H3. The highest BCUT2D eigenvalue weighted by Gasteiger charge is 2.24. The predicted molar refractivity (Wildman–Crippen MR) is 67.7 cm³/mol. The van der Waals surface area contributed by atoms with Gasteiger partial charge in [-0.25, -0.2) is 4.98 Å². The van der Waals surface area contributed by atoms with E-state index in [0.717, 1.165) is 30.9 Å². The minimum atomic E-state index is 0.293. The monoisotopic (exact) mass is 230 g/mol. The second kappa shape index (κ2) is 4.72. The fraction of sp³-hybridized carbons (Fsp3) is 0.538. The summed E-state index contributed by atoms with van der Waals surface area (Å²) in [5.41, 5.74) is 7.52. The van der Waals surface area contributed by atoms with Crippen LogP contribution in [0.5, 0.6) is 0 Å². The number of rotatable bonds is 1. The molecule has 0 bridgehead atoms. The normalized spacial score (nSPS) is 24.5. The minimum absolute atomic E-state index is 0.293. The van der Waals surface area contributed by atoms with Crippen LogP contribution in [0, 0.1) is 18.3 Å². The maximum absolute atomic E-state index is 8.98. The topological polar surface area (TPSA) is 65.9 Å². The molecule has 0 radical (unpaired) electrons. The summed E-state index contributed by atoms with van der Waals surface area (Å²) in [4.78, 5) is 6.76. The van der Waals surface area contributed by atoms with E-state index < -0.39 is 0 Å². The molecule has 0 amide bonds.